The minimum Gasteiger partial charge on any atom is -0.460 e. The van der Waals surface area contributed by atoms with Crippen molar-refractivity contribution in [2.24, 2.45) is 57.4 Å². The Morgan fingerprint density at radius 1 is 0.944 bits per heavy atom. The van der Waals surface area contributed by atoms with E-state index in [2.05, 4.69) is 5.16 Å². The monoisotopic (exact) mass is 1010 g/mol. The normalized spacial score (nSPS) is 48.2. The molecule has 402 valence electrons. The minimum absolute atomic E-state index is 0.0660. The molecule has 0 aromatic carbocycles. The number of cyclic esters (lactones) is 1. The molecule has 2 aliphatic heterocycles. The Labute approximate surface area is 418 Å². The van der Waals surface area contributed by atoms with Crippen molar-refractivity contribution in [3.8, 4) is 0 Å². The van der Waals surface area contributed by atoms with Crippen LogP contribution in [0, 0.1) is 52.3 Å². The maximum absolute atomic E-state index is 17.7. The second kappa shape index (κ2) is 20.8. The number of carbonyl (C=O) groups excluding carboxylic acids is 4. The third-order valence-electron chi connectivity index (χ3n) is 18.5. The molecule has 0 radical (unpaired) electrons. The fraction of sp³-hybridized carbons (Fsp3) is 0.830. The zero-order chi connectivity index (χ0) is 53.1. The lowest BCUT2D eigenvalue weighted by atomic mass is 9.45. The van der Waals surface area contributed by atoms with Crippen LogP contribution >= 0.6 is 0 Å². The van der Waals surface area contributed by atoms with Crippen molar-refractivity contribution in [1.29, 1.82) is 0 Å². The summed E-state index contributed by atoms with van der Waals surface area (Å²) in [5, 5.41) is 64.2. The number of hydrogen-bond acceptors (Lipinski definition) is 17. The third-order valence-corrected chi connectivity index (χ3v) is 18.5. The Kier molecular flexibility index (Phi) is 16.8. The first-order valence-electron chi connectivity index (χ1n) is 25.7. The molecule has 18 heteroatoms. The molecule has 2 heterocycles. The van der Waals surface area contributed by atoms with Crippen LogP contribution in [0.2, 0.25) is 0 Å². The van der Waals surface area contributed by atoms with E-state index in [0.717, 1.165) is 0 Å². The Bertz CT molecular complexity index is 2100. The summed E-state index contributed by atoms with van der Waals surface area (Å²) < 4.78 is 48.4. The average Bonchev–Trinajstić information content (AvgIpc) is 3.51. The van der Waals surface area contributed by atoms with Crippen LogP contribution in [0.4, 0.5) is 4.39 Å². The molecule has 5 fully saturated rings. The van der Waals surface area contributed by atoms with E-state index in [-0.39, 0.29) is 56.1 Å². The van der Waals surface area contributed by atoms with Gasteiger partial charge in [0.2, 0.25) is 0 Å². The largest absolute Gasteiger partial charge is 0.460 e. The molecule has 0 spiro atoms. The van der Waals surface area contributed by atoms with E-state index in [1.54, 1.807) is 61.5 Å². The fourth-order valence-corrected chi connectivity index (χ4v) is 14.0. The number of alkyl halides is 1. The molecule has 6 aliphatic rings. The van der Waals surface area contributed by atoms with Crippen LogP contribution in [0.3, 0.4) is 0 Å². The Morgan fingerprint density at radius 3 is 2.23 bits per heavy atom. The van der Waals surface area contributed by atoms with Gasteiger partial charge in [0, 0.05) is 47.7 Å². The molecular weight excluding hydrogens is 924 g/mol. The van der Waals surface area contributed by atoms with Crippen LogP contribution < -0.4 is 0 Å². The number of esters is 2. The number of ketones is 2. The van der Waals surface area contributed by atoms with E-state index in [9.17, 15) is 44.7 Å². The lowest BCUT2D eigenvalue weighted by Crippen LogP contribution is -2.69. The highest BCUT2D eigenvalue weighted by atomic mass is 19.1. The smallest absolute Gasteiger partial charge is 0.339 e. The van der Waals surface area contributed by atoms with Crippen molar-refractivity contribution < 1.29 is 77.6 Å². The van der Waals surface area contributed by atoms with Crippen molar-refractivity contribution >= 4 is 29.2 Å². The summed E-state index contributed by atoms with van der Waals surface area (Å²) in [6.45, 7) is 17.5. The number of nitrogens with zero attached hydrogens (tertiary/aromatic N) is 2. The van der Waals surface area contributed by atoms with Gasteiger partial charge in [0.1, 0.15) is 30.3 Å². The van der Waals surface area contributed by atoms with Gasteiger partial charge in [-0.3, -0.25) is 14.4 Å². The summed E-state index contributed by atoms with van der Waals surface area (Å²) in [5.74, 6) is -8.51. The zero-order valence-corrected chi connectivity index (χ0v) is 44.3. The molecule has 6 rings (SSSR count). The minimum atomic E-state index is -2.15. The van der Waals surface area contributed by atoms with Crippen molar-refractivity contribution in [1.82, 2.24) is 4.90 Å². The number of rotatable bonds is 10. The van der Waals surface area contributed by atoms with Crippen LogP contribution in [0.1, 0.15) is 121 Å². The number of carbonyl (C=O) groups is 4. The summed E-state index contributed by atoms with van der Waals surface area (Å²) in [7, 11) is 5.13. The molecule has 71 heavy (non-hydrogen) atoms. The van der Waals surface area contributed by atoms with E-state index in [4.69, 9.17) is 28.5 Å². The molecule has 17 nitrogen and oxygen atoms in total. The first kappa shape index (κ1) is 57.1. The van der Waals surface area contributed by atoms with E-state index in [1.165, 1.54) is 33.1 Å². The second-order valence-corrected chi connectivity index (χ2v) is 23.1. The number of hydrogen-bond donors (Lipinski definition) is 5. The van der Waals surface area contributed by atoms with Crippen molar-refractivity contribution in [2.75, 3.05) is 34.4 Å². The fourth-order valence-electron chi connectivity index (χ4n) is 14.0. The van der Waals surface area contributed by atoms with Crippen LogP contribution in [0.5, 0.6) is 0 Å². The first-order chi connectivity index (χ1) is 32.9. The van der Waals surface area contributed by atoms with Crippen LogP contribution in [0.25, 0.3) is 0 Å². The van der Waals surface area contributed by atoms with Gasteiger partial charge in [0.15, 0.2) is 35.7 Å². The molecule has 0 bridgehead atoms. The number of ether oxygens (including phenoxy) is 5. The molecule has 0 amide bonds. The molecule has 0 aromatic rings. The molecule has 2 saturated heterocycles. The number of oxime groups is 1. The maximum Gasteiger partial charge on any atom is 0.339 e. The predicted octanol–water partition coefficient (Wildman–Crippen LogP) is 4.42. The number of aliphatic hydroxyl groups is 5. The number of Topliss-reactive ketones (excluding diaryl/α,β-unsaturated/α-hetero) is 1. The van der Waals surface area contributed by atoms with E-state index in [0.29, 0.717) is 31.3 Å². The summed E-state index contributed by atoms with van der Waals surface area (Å²) >= 11 is 0. The lowest BCUT2D eigenvalue weighted by molar-refractivity contribution is -0.295. The molecule has 4 aliphatic carbocycles. The molecular formula is C53H83FN2O15. The van der Waals surface area contributed by atoms with Gasteiger partial charge in [0.25, 0.3) is 0 Å². The van der Waals surface area contributed by atoms with Crippen molar-refractivity contribution in [3.63, 3.8) is 0 Å². The highest BCUT2D eigenvalue weighted by Crippen LogP contribution is 2.70. The quantitative estimate of drug-likeness (QED) is 0.0881. The number of aliphatic hydroxyl groups excluding tert-OH is 3. The van der Waals surface area contributed by atoms with Crippen LogP contribution in [-0.4, -0.2) is 165 Å². The molecule has 0 aromatic heterocycles. The average molecular weight is 1010 g/mol. The molecule has 21 atom stereocenters. The summed E-state index contributed by atoms with van der Waals surface area (Å²) in [4.78, 5) is 62.3. The van der Waals surface area contributed by atoms with E-state index in [1.807, 2.05) is 25.9 Å². The van der Waals surface area contributed by atoms with Crippen LogP contribution in [0.15, 0.2) is 29.0 Å². The lowest BCUT2D eigenvalue weighted by Gasteiger charge is -2.62. The van der Waals surface area contributed by atoms with E-state index >= 15 is 4.39 Å². The standard InChI is InChI=1S/C53H83FN2O15/c1-15-39-51(11,64)43(61)30(5)40(27(2)25-50(10,66-14)44(31(6)41(59)32(7)45(62)70-39)71-46-42(60)37(56(12)13)23-29(4)69-46)55-68-21-20-67-47(63)53(65)28(3)22-36-35-17-16-33-24-34(57)18-19-48(33,8)52(35,54)38(58)26-49(36,53)9/h18-19,24,27-32,35-39,42-44,46,58,60-61,64-65H,15-17,20-23,25-26H2,1-14H3/b55-40-/t27-,28-,29-,30+,31+,32-,35?,36?,37-,38+,39-,42-,43-,44?,46+,48+,49+,50-,51-,52+,53+/m1/s1. The van der Waals surface area contributed by atoms with Crippen molar-refractivity contribution in [3.05, 3.63) is 23.8 Å². The van der Waals surface area contributed by atoms with Gasteiger partial charge in [-0.05, 0) is 118 Å². The summed E-state index contributed by atoms with van der Waals surface area (Å²) in [5.41, 5.74) is -9.32. The van der Waals surface area contributed by atoms with Gasteiger partial charge < -0.3 is 59.0 Å². The van der Waals surface area contributed by atoms with Gasteiger partial charge in [-0.2, -0.15) is 0 Å². The zero-order valence-electron chi connectivity index (χ0n) is 44.3. The van der Waals surface area contributed by atoms with E-state index < -0.39 is 129 Å². The summed E-state index contributed by atoms with van der Waals surface area (Å²) in [6.07, 6.45) is -2.35. The van der Waals surface area contributed by atoms with Crippen LogP contribution in [-0.2, 0) is 47.7 Å². The maximum atomic E-state index is 17.7. The predicted molar refractivity (Wildman–Crippen MR) is 258 cm³/mol. The number of methoxy groups -OCH3 is 1. The van der Waals surface area contributed by atoms with Gasteiger partial charge >= 0.3 is 11.9 Å². The second-order valence-electron chi connectivity index (χ2n) is 23.1. The highest BCUT2D eigenvalue weighted by Gasteiger charge is 2.76. The highest BCUT2D eigenvalue weighted by molar-refractivity contribution is 6.01. The number of allylic oxidation sites excluding steroid dienone is 4. The number of halogens is 1. The Morgan fingerprint density at radius 2 is 1.61 bits per heavy atom. The number of likely N-dealkylation sites (N-methyl/N-ethyl adjacent to an activating group) is 1. The number of fused-ring (bicyclic) bond motifs is 5. The van der Waals surface area contributed by atoms with Gasteiger partial charge in [-0.25, -0.2) is 9.18 Å². The molecule has 3 unspecified atom stereocenters. The Hall–Kier alpha value is -3.20. The summed E-state index contributed by atoms with van der Waals surface area (Å²) in [6, 6.07) is -0.344. The van der Waals surface area contributed by atoms with Crippen molar-refractivity contribution in [2.45, 2.75) is 193 Å². The SMILES string of the molecule is CC[C@H]1OC(=O)[C@H](C)C(=O)[C@H](C)C(O[C@@H]2O[C@H](C)C[C@@H](N(C)C)[C@H]2O)[C@](C)(OC)C[C@@H](C)/C(=N/OCCOC(=O)[C@@]2(O)[C@H](C)CC3C4CCC5=CC(=O)C=C[C@]5(C)[C@@]4(F)[C@@H](O)C[C@@]32C)[C@H](C)[C@@H](O)[C@]1(C)O. The molecule has 5 N–H and O–H groups in total. The Balaban J connectivity index is 1.26. The third kappa shape index (κ3) is 9.62. The topological polar surface area (TPSA) is 240 Å². The van der Waals surface area contributed by atoms with Gasteiger partial charge in [-0.1, -0.05) is 58.3 Å². The molecule has 3 saturated carbocycles. The van der Waals surface area contributed by atoms with Gasteiger partial charge in [-0.15, -0.1) is 0 Å². The first-order valence-corrected chi connectivity index (χ1v) is 25.7. The van der Waals surface area contributed by atoms with Gasteiger partial charge in [0.05, 0.1) is 35.7 Å².